The van der Waals surface area contributed by atoms with E-state index < -0.39 is 6.10 Å². The summed E-state index contributed by atoms with van der Waals surface area (Å²) < 4.78 is 7.05. The highest BCUT2D eigenvalue weighted by molar-refractivity contribution is 5.93. The molecule has 0 aliphatic heterocycles. The van der Waals surface area contributed by atoms with Crippen LogP contribution in [0.5, 0.6) is 5.75 Å². The maximum Gasteiger partial charge on any atom is 0.244 e. The van der Waals surface area contributed by atoms with Gasteiger partial charge in [-0.25, -0.2) is 4.98 Å². The number of anilines is 1. The van der Waals surface area contributed by atoms with Gasteiger partial charge in [0.1, 0.15) is 24.2 Å². The molecule has 0 saturated carbocycles. The fourth-order valence-electron chi connectivity index (χ4n) is 3.33. The average molecular weight is 387 g/mol. The van der Waals surface area contributed by atoms with E-state index in [4.69, 9.17) is 4.74 Å². The number of imidazole rings is 1. The van der Waals surface area contributed by atoms with Crippen molar-refractivity contribution in [3.63, 3.8) is 0 Å². The number of benzene rings is 3. The first-order valence-corrected chi connectivity index (χ1v) is 9.28. The lowest BCUT2D eigenvalue weighted by molar-refractivity contribution is -0.116. The second-order valence-electron chi connectivity index (χ2n) is 6.61. The van der Waals surface area contributed by atoms with Crippen LogP contribution in [-0.2, 0) is 11.3 Å². The Balaban J connectivity index is 1.68. The predicted molar refractivity (Wildman–Crippen MR) is 112 cm³/mol. The van der Waals surface area contributed by atoms with Gasteiger partial charge in [-0.1, -0.05) is 54.6 Å². The Morgan fingerprint density at radius 2 is 1.72 bits per heavy atom. The van der Waals surface area contributed by atoms with E-state index in [0.717, 1.165) is 11.0 Å². The number of ether oxygens (including phenoxy) is 1. The van der Waals surface area contributed by atoms with Gasteiger partial charge in [0.15, 0.2) is 0 Å². The quantitative estimate of drug-likeness (QED) is 0.528. The normalized spacial score (nSPS) is 11.9. The van der Waals surface area contributed by atoms with E-state index >= 15 is 0 Å². The standard InChI is InChI=1S/C23H21N3O3/c1-29-20-14-8-6-12-18(20)24-21(27)15-26-19-13-7-5-11-17(19)25-23(26)22(28)16-9-3-2-4-10-16/h2-14,22,28H,15H2,1H3,(H,24,27)/t22-/m0/s1. The van der Waals surface area contributed by atoms with Crippen LogP contribution in [0, 0.1) is 0 Å². The third-order valence-corrected chi connectivity index (χ3v) is 4.73. The van der Waals surface area contributed by atoms with Gasteiger partial charge >= 0.3 is 0 Å². The number of fused-ring (bicyclic) bond motifs is 1. The smallest absolute Gasteiger partial charge is 0.244 e. The number of methoxy groups -OCH3 is 1. The van der Waals surface area contributed by atoms with Crippen molar-refractivity contribution in [2.24, 2.45) is 0 Å². The number of para-hydroxylation sites is 4. The van der Waals surface area contributed by atoms with E-state index in [0.29, 0.717) is 22.8 Å². The topological polar surface area (TPSA) is 76.4 Å². The molecule has 2 N–H and O–H groups in total. The summed E-state index contributed by atoms with van der Waals surface area (Å²) >= 11 is 0. The number of carbonyl (C=O) groups is 1. The van der Waals surface area contributed by atoms with Gasteiger partial charge in [-0.15, -0.1) is 0 Å². The van der Waals surface area contributed by atoms with Gasteiger partial charge < -0.3 is 19.7 Å². The van der Waals surface area contributed by atoms with Crippen LogP contribution < -0.4 is 10.1 Å². The summed E-state index contributed by atoms with van der Waals surface area (Å²) in [5, 5.41) is 13.8. The van der Waals surface area contributed by atoms with Crippen LogP contribution in [0.25, 0.3) is 11.0 Å². The zero-order valence-corrected chi connectivity index (χ0v) is 15.9. The molecule has 146 valence electrons. The second kappa shape index (κ2) is 8.16. The minimum Gasteiger partial charge on any atom is -0.495 e. The van der Waals surface area contributed by atoms with E-state index in [1.54, 1.807) is 23.8 Å². The average Bonchev–Trinajstić information content (AvgIpc) is 3.12. The molecular weight excluding hydrogens is 366 g/mol. The number of nitrogens with one attached hydrogen (secondary N) is 1. The third-order valence-electron chi connectivity index (χ3n) is 4.73. The number of aliphatic hydroxyl groups excluding tert-OH is 1. The van der Waals surface area contributed by atoms with Gasteiger partial charge in [-0.3, -0.25) is 4.79 Å². The van der Waals surface area contributed by atoms with Gasteiger partial charge in [0, 0.05) is 0 Å². The molecule has 0 aliphatic rings. The van der Waals surface area contributed by atoms with E-state index in [2.05, 4.69) is 10.3 Å². The van der Waals surface area contributed by atoms with Crippen molar-refractivity contribution >= 4 is 22.6 Å². The van der Waals surface area contributed by atoms with E-state index in [1.807, 2.05) is 66.7 Å². The Kier molecular flexibility index (Phi) is 5.27. The molecule has 1 amide bonds. The summed E-state index contributed by atoms with van der Waals surface area (Å²) in [6.07, 6.45) is -0.942. The predicted octanol–water partition coefficient (Wildman–Crippen LogP) is 3.77. The maximum absolute atomic E-state index is 12.8. The van der Waals surface area contributed by atoms with Crippen molar-refractivity contribution in [1.82, 2.24) is 9.55 Å². The minimum atomic E-state index is -0.942. The summed E-state index contributed by atoms with van der Waals surface area (Å²) in [7, 11) is 1.56. The molecule has 0 saturated heterocycles. The molecule has 6 heteroatoms. The van der Waals surface area contributed by atoms with Crippen molar-refractivity contribution in [3.05, 3.63) is 90.3 Å². The van der Waals surface area contributed by atoms with E-state index in [1.165, 1.54) is 0 Å². The van der Waals surface area contributed by atoms with Gasteiger partial charge in [0.2, 0.25) is 5.91 Å². The van der Waals surface area contributed by atoms with E-state index in [9.17, 15) is 9.90 Å². The zero-order valence-electron chi connectivity index (χ0n) is 15.9. The fourth-order valence-corrected chi connectivity index (χ4v) is 3.33. The first-order chi connectivity index (χ1) is 14.2. The summed E-state index contributed by atoms with van der Waals surface area (Å²) in [5.74, 6) is 0.771. The Labute approximate surface area is 168 Å². The Bertz CT molecular complexity index is 1140. The molecule has 0 aliphatic carbocycles. The van der Waals surface area contributed by atoms with Crippen LogP contribution in [0.2, 0.25) is 0 Å². The van der Waals surface area contributed by atoms with Crippen molar-refractivity contribution in [3.8, 4) is 5.75 Å². The van der Waals surface area contributed by atoms with Crippen molar-refractivity contribution < 1.29 is 14.6 Å². The maximum atomic E-state index is 12.8. The molecule has 0 fully saturated rings. The van der Waals surface area contributed by atoms with Crippen LogP contribution in [0.3, 0.4) is 0 Å². The number of aromatic nitrogens is 2. The molecule has 4 aromatic rings. The molecule has 1 atom stereocenters. The van der Waals surface area contributed by atoms with Crippen molar-refractivity contribution in [2.45, 2.75) is 12.6 Å². The lowest BCUT2D eigenvalue weighted by Crippen LogP contribution is -2.21. The lowest BCUT2D eigenvalue weighted by Gasteiger charge is -2.15. The molecule has 6 nitrogen and oxygen atoms in total. The number of hydrogen-bond acceptors (Lipinski definition) is 4. The lowest BCUT2D eigenvalue weighted by atomic mass is 10.1. The van der Waals surface area contributed by atoms with Gasteiger partial charge in [-0.2, -0.15) is 0 Å². The molecule has 0 unspecified atom stereocenters. The molecule has 4 rings (SSSR count). The Morgan fingerprint density at radius 3 is 2.52 bits per heavy atom. The molecule has 0 radical (unpaired) electrons. The minimum absolute atomic E-state index is 0.0117. The largest absolute Gasteiger partial charge is 0.495 e. The first-order valence-electron chi connectivity index (χ1n) is 9.28. The third kappa shape index (κ3) is 3.83. The van der Waals surface area contributed by atoms with Gasteiger partial charge in [0.25, 0.3) is 0 Å². The number of nitrogens with zero attached hydrogens (tertiary/aromatic N) is 2. The summed E-state index contributed by atoms with van der Waals surface area (Å²) in [6.45, 7) is 0.0117. The van der Waals surface area contributed by atoms with Crippen molar-refractivity contribution in [1.29, 1.82) is 0 Å². The molecular formula is C23H21N3O3. The van der Waals surface area contributed by atoms with Gasteiger partial charge in [0.05, 0.1) is 23.8 Å². The number of aliphatic hydroxyl groups is 1. The number of carbonyl (C=O) groups excluding carboxylic acids is 1. The molecule has 1 aromatic heterocycles. The molecule has 3 aromatic carbocycles. The second-order valence-corrected chi connectivity index (χ2v) is 6.61. The summed E-state index contributed by atoms with van der Waals surface area (Å²) in [5.41, 5.74) is 2.82. The van der Waals surface area contributed by atoms with Crippen LogP contribution in [-0.4, -0.2) is 27.7 Å². The Hall–Kier alpha value is -3.64. The molecule has 0 bridgehead atoms. The van der Waals surface area contributed by atoms with Gasteiger partial charge in [-0.05, 0) is 29.8 Å². The van der Waals surface area contributed by atoms with Crippen LogP contribution in [0.4, 0.5) is 5.69 Å². The number of amides is 1. The van der Waals surface area contributed by atoms with Crippen LogP contribution in [0.15, 0.2) is 78.9 Å². The monoisotopic (exact) mass is 387 g/mol. The SMILES string of the molecule is COc1ccccc1NC(=O)Cn1c([C@@H](O)c2ccccc2)nc2ccccc21. The molecule has 1 heterocycles. The highest BCUT2D eigenvalue weighted by atomic mass is 16.5. The van der Waals surface area contributed by atoms with Crippen LogP contribution in [0.1, 0.15) is 17.5 Å². The van der Waals surface area contributed by atoms with E-state index in [-0.39, 0.29) is 12.5 Å². The van der Waals surface area contributed by atoms with Crippen LogP contribution >= 0.6 is 0 Å². The fraction of sp³-hybridized carbons (Fsp3) is 0.130. The summed E-state index contributed by atoms with van der Waals surface area (Å²) in [6, 6.07) is 24.0. The highest BCUT2D eigenvalue weighted by Gasteiger charge is 2.21. The first kappa shape index (κ1) is 18.7. The Morgan fingerprint density at radius 1 is 1.03 bits per heavy atom. The molecule has 29 heavy (non-hydrogen) atoms. The van der Waals surface area contributed by atoms with Crippen molar-refractivity contribution in [2.75, 3.05) is 12.4 Å². The summed E-state index contributed by atoms with van der Waals surface area (Å²) in [4.78, 5) is 17.4. The zero-order chi connectivity index (χ0) is 20.2. The number of rotatable bonds is 6. The highest BCUT2D eigenvalue weighted by Crippen LogP contribution is 2.27. The molecule has 0 spiro atoms. The number of hydrogen-bond donors (Lipinski definition) is 2.